The smallest absolute Gasteiger partial charge is 0.313 e. The van der Waals surface area contributed by atoms with Crippen molar-refractivity contribution in [2.24, 2.45) is 11.3 Å². The number of allylic oxidation sites excluding steroid dienone is 1. The van der Waals surface area contributed by atoms with Gasteiger partial charge in [0.05, 0.1) is 13.0 Å². The Labute approximate surface area is 174 Å². The lowest BCUT2D eigenvalue weighted by atomic mass is 9.68. The molecule has 2 aromatic rings. The molecule has 1 spiro atoms. The van der Waals surface area contributed by atoms with Crippen LogP contribution < -0.4 is 0 Å². The first kappa shape index (κ1) is 19.9. The van der Waals surface area contributed by atoms with Crippen molar-refractivity contribution < 1.29 is 9.53 Å². The van der Waals surface area contributed by atoms with Crippen molar-refractivity contribution in [3.05, 3.63) is 83.9 Å². The molecule has 1 heterocycles. The summed E-state index contributed by atoms with van der Waals surface area (Å²) in [4.78, 5) is 14.9. The molecule has 0 N–H and O–H groups in total. The molecule has 1 saturated heterocycles. The van der Waals surface area contributed by atoms with Crippen LogP contribution >= 0.6 is 0 Å². The zero-order valence-electron chi connectivity index (χ0n) is 17.3. The predicted molar refractivity (Wildman–Crippen MR) is 117 cm³/mol. The molecular formula is C26H31NO2. The van der Waals surface area contributed by atoms with Crippen LogP contribution in [0.25, 0.3) is 0 Å². The average Bonchev–Trinajstić information content (AvgIpc) is 3.18. The van der Waals surface area contributed by atoms with E-state index in [4.69, 9.17) is 4.74 Å². The Morgan fingerprint density at radius 3 is 2.34 bits per heavy atom. The fourth-order valence-corrected chi connectivity index (χ4v) is 5.26. The molecule has 2 aromatic carbocycles. The Morgan fingerprint density at radius 1 is 1.07 bits per heavy atom. The Kier molecular flexibility index (Phi) is 6.15. The number of benzene rings is 2. The van der Waals surface area contributed by atoms with E-state index >= 15 is 0 Å². The molecule has 3 nitrogen and oxygen atoms in total. The van der Waals surface area contributed by atoms with Crippen LogP contribution in [0.1, 0.15) is 42.7 Å². The van der Waals surface area contributed by atoms with Crippen LogP contribution in [0.4, 0.5) is 0 Å². The van der Waals surface area contributed by atoms with E-state index in [0.717, 1.165) is 45.3 Å². The van der Waals surface area contributed by atoms with Gasteiger partial charge in [-0.3, -0.25) is 4.79 Å². The summed E-state index contributed by atoms with van der Waals surface area (Å²) in [5.74, 6) is 0.233. The third-order valence-electron chi connectivity index (χ3n) is 6.85. The van der Waals surface area contributed by atoms with E-state index in [-0.39, 0.29) is 17.3 Å². The highest BCUT2D eigenvalue weighted by atomic mass is 16.5. The molecule has 4 rings (SSSR count). The Morgan fingerprint density at radius 2 is 1.72 bits per heavy atom. The van der Waals surface area contributed by atoms with Crippen molar-refractivity contribution in [3.63, 3.8) is 0 Å². The van der Waals surface area contributed by atoms with Crippen molar-refractivity contribution in [1.82, 2.24) is 4.90 Å². The highest BCUT2D eigenvalue weighted by molar-refractivity contribution is 5.75. The molecule has 0 unspecified atom stereocenters. The van der Waals surface area contributed by atoms with Crippen LogP contribution in [-0.2, 0) is 9.53 Å². The van der Waals surface area contributed by atoms with E-state index in [1.807, 2.05) is 0 Å². The van der Waals surface area contributed by atoms with Gasteiger partial charge in [0.15, 0.2) is 0 Å². The van der Waals surface area contributed by atoms with Gasteiger partial charge in [-0.15, -0.1) is 0 Å². The molecule has 3 heteroatoms. The largest absolute Gasteiger partial charge is 0.469 e. The van der Waals surface area contributed by atoms with Gasteiger partial charge in [0.2, 0.25) is 0 Å². The monoisotopic (exact) mass is 389 g/mol. The van der Waals surface area contributed by atoms with Crippen LogP contribution in [-0.4, -0.2) is 37.6 Å². The topological polar surface area (TPSA) is 29.5 Å². The summed E-state index contributed by atoms with van der Waals surface area (Å²) in [6.07, 6.45) is 8.56. The van der Waals surface area contributed by atoms with Crippen molar-refractivity contribution in [1.29, 1.82) is 0 Å². The van der Waals surface area contributed by atoms with Crippen LogP contribution in [0.2, 0.25) is 0 Å². The fraction of sp³-hybridized carbons (Fsp3) is 0.423. The second-order valence-corrected chi connectivity index (χ2v) is 8.52. The number of esters is 1. The van der Waals surface area contributed by atoms with E-state index in [0.29, 0.717) is 5.92 Å². The van der Waals surface area contributed by atoms with Crippen LogP contribution in [0.3, 0.4) is 0 Å². The fourth-order valence-electron chi connectivity index (χ4n) is 5.26. The van der Waals surface area contributed by atoms with Gasteiger partial charge in [0.25, 0.3) is 0 Å². The molecule has 0 radical (unpaired) electrons. The maximum absolute atomic E-state index is 12.4. The minimum Gasteiger partial charge on any atom is -0.469 e. The molecule has 0 amide bonds. The standard InChI is InChI=1S/C26H31NO2/c1-29-25(28)24-14-8-9-16-26(24)17-19-27(20-26)18-15-23(21-10-4-2-5-11-21)22-12-6-3-7-13-22/h2-8,10-14,23-24H,9,15-20H2,1H3/t24-,26-/m0/s1. The summed E-state index contributed by atoms with van der Waals surface area (Å²) in [6.45, 7) is 3.11. The number of ether oxygens (including phenoxy) is 1. The maximum atomic E-state index is 12.4. The van der Waals surface area contributed by atoms with Crippen LogP contribution in [0.5, 0.6) is 0 Å². The molecule has 1 aliphatic heterocycles. The number of carbonyl (C=O) groups excluding carboxylic acids is 1. The molecule has 0 saturated carbocycles. The first-order valence-corrected chi connectivity index (χ1v) is 10.8. The van der Waals surface area contributed by atoms with Gasteiger partial charge in [-0.2, -0.15) is 0 Å². The van der Waals surface area contributed by atoms with Crippen LogP contribution in [0.15, 0.2) is 72.8 Å². The highest BCUT2D eigenvalue weighted by Crippen LogP contribution is 2.46. The Bertz CT molecular complexity index is 793. The summed E-state index contributed by atoms with van der Waals surface area (Å²) in [6, 6.07) is 21.6. The normalized spacial score (nSPS) is 24.3. The molecule has 0 bridgehead atoms. The molecule has 1 fully saturated rings. The van der Waals surface area contributed by atoms with Gasteiger partial charge in [-0.25, -0.2) is 0 Å². The first-order valence-electron chi connectivity index (χ1n) is 10.8. The molecular weight excluding hydrogens is 358 g/mol. The van der Waals surface area contributed by atoms with Gasteiger partial charge >= 0.3 is 5.97 Å². The number of rotatable bonds is 6. The van der Waals surface area contributed by atoms with Gasteiger partial charge in [-0.05, 0) is 49.9 Å². The van der Waals surface area contributed by atoms with Crippen molar-refractivity contribution >= 4 is 5.97 Å². The highest BCUT2D eigenvalue weighted by Gasteiger charge is 2.47. The average molecular weight is 390 g/mol. The van der Waals surface area contributed by atoms with E-state index in [2.05, 4.69) is 77.7 Å². The third-order valence-corrected chi connectivity index (χ3v) is 6.85. The number of methoxy groups -OCH3 is 1. The van der Waals surface area contributed by atoms with Gasteiger partial charge in [-0.1, -0.05) is 72.8 Å². The second-order valence-electron chi connectivity index (χ2n) is 8.52. The first-order chi connectivity index (χ1) is 14.2. The molecule has 2 atom stereocenters. The number of hydrogen-bond donors (Lipinski definition) is 0. The summed E-state index contributed by atoms with van der Waals surface area (Å²) >= 11 is 0. The van der Waals surface area contributed by atoms with Crippen LogP contribution in [0, 0.1) is 11.3 Å². The Balaban J connectivity index is 1.46. The van der Waals surface area contributed by atoms with E-state index in [9.17, 15) is 4.79 Å². The van der Waals surface area contributed by atoms with E-state index < -0.39 is 0 Å². The van der Waals surface area contributed by atoms with Crippen molar-refractivity contribution in [2.45, 2.75) is 31.6 Å². The zero-order chi connectivity index (χ0) is 20.1. The van der Waals surface area contributed by atoms with Crippen molar-refractivity contribution in [2.75, 3.05) is 26.7 Å². The lowest BCUT2D eigenvalue weighted by molar-refractivity contribution is -0.148. The molecule has 0 aromatic heterocycles. The Hall–Kier alpha value is -2.39. The number of nitrogens with zero attached hydrogens (tertiary/aromatic N) is 1. The number of hydrogen-bond acceptors (Lipinski definition) is 3. The molecule has 1 aliphatic carbocycles. The second kappa shape index (κ2) is 8.96. The van der Waals surface area contributed by atoms with Gasteiger partial charge in [0, 0.05) is 17.9 Å². The summed E-state index contributed by atoms with van der Waals surface area (Å²) < 4.78 is 5.12. The minimum absolute atomic E-state index is 0.0524. The molecule has 152 valence electrons. The van der Waals surface area contributed by atoms with E-state index in [1.165, 1.54) is 18.2 Å². The lowest BCUT2D eigenvalue weighted by Crippen LogP contribution is -2.40. The predicted octanol–water partition coefficient (Wildman–Crippen LogP) is 5.04. The number of carbonyl (C=O) groups is 1. The van der Waals surface area contributed by atoms with E-state index in [1.54, 1.807) is 0 Å². The van der Waals surface area contributed by atoms with Gasteiger partial charge in [0.1, 0.15) is 0 Å². The molecule has 29 heavy (non-hydrogen) atoms. The summed E-state index contributed by atoms with van der Waals surface area (Å²) in [5.41, 5.74) is 2.80. The quantitative estimate of drug-likeness (QED) is 0.512. The lowest BCUT2D eigenvalue weighted by Gasteiger charge is -2.37. The van der Waals surface area contributed by atoms with Gasteiger partial charge < -0.3 is 9.64 Å². The zero-order valence-corrected chi connectivity index (χ0v) is 17.3. The molecule has 2 aliphatic rings. The number of likely N-dealkylation sites (tertiary alicyclic amines) is 1. The summed E-state index contributed by atoms with van der Waals surface area (Å²) in [5, 5.41) is 0. The minimum atomic E-state index is -0.0923. The maximum Gasteiger partial charge on any atom is 0.313 e. The van der Waals surface area contributed by atoms with Crippen molar-refractivity contribution in [3.8, 4) is 0 Å². The third kappa shape index (κ3) is 4.30. The SMILES string of the molecule is COC(=O)[C@@H]1C=CCC[C@@]12CCN(CCC(c1ccccc1)c1ccccc1)C2. The summed E-state index contributed by atoms with van der Waals surface area (Å²) in [7, 11) is 1.51.